The summed E-state index contributed by atoms with van der Waals surface area (Å²) < 4.78 is 19.4. The van der Waals surface area contributed by atoms with Crippen LogP contribution in [0.5, 0.6) is 0 Å². The maximum Gasteiger partial charge on any atom is 0.324 e. The number of halogens is 1. The normalized spacial score (nSPS) is 24.7. The summed E-state index contributed by atoms with van der Waals surface area (Å²) in [4.78, 5) is 18.5. The molecule has 2 saturated heterocycles. The molecule has 2 aromatic rings. The fourth-order valence-electron chi connectivity index (χ4n) is 4.48. The maximum atomic E-state index is 14.0. The minimum absolute atomic E-state index is 0.00378. The fraction of sp³-hybridized carbons (Fsp3) is 0.556. The van der Waals surface area contributed by atoms with Gasteiger partial charge in [-0.15, -0.1) is 10.2 Å². The average molecular weight is 389 g/mol. The van der Waals surface area contributed by atoms with Crippen molar-refractivity contribution < 1.29 is 13.9 Å². The lowest BCUT2D eigenvalue weighted by Crippen LogP contribution is -2.44. The van der Waals surface area contributed by atoms with Crippen molar-refractivity contribution in [1.82, 2.24) is 20.1 Å². The molecule has 0 radical (unpaired) electrons. The number of hydrogen-bond acceptors (Lipinski definition) is 6. The third-order valence-electron chi connectivity index (χ3n) is 5.80. The van der Waals surface area contributed by atoms with Gasteiger partial charge in [-0.1, -0.05) is 11.3 Å². The molecule has 0 saturated carbocycles. The molecule has 142 valence electrons. The van der Waals surface area contributed by atoms with Crippen molar-refractivity contribution >= 4 is 22.5 Å². The van der Waals surface area contributed by atoms with Gasteiger partial charge in [-0.25, -0.2) is 9.78 Å². The summed E-state index contributed by atoms with van der Waals surface area (Å²) in [6, 6.07) is 1.56. The van der Waals surface area contributed by atoms with Crippen LogP contribution >= 0.6 is 11.3 Å². The lowest BCUT2D eigenvalue weighted by molar-refractivity contribution is 0.0851. The average Bonchev–Trinajstić information content (AvgIpc) is 3.27. The molecule has 2 amide bonds. The van der Waals surface area contributed by atoms with E-state index in [-0.39, 0.29) is 18.1 Å². The van der Waals surface area contributed by atoms with Crippen molar-refractivity contribution in [2.75, 3.05) is 18.5 Å². The van der Waals surface area contributed by atoms with Crippen LogP contribution in [0.3, 0.4) is 0 Å². The highest BCUT2D eigenvalue weighted by Crippen LogP contribution is 2.44. The molecule has 2 unspecified atom stereocenters. The molecular weight excluding hydrogens is 369 g/mol. The lowest BCUT2D eigenvalue weighted by atomic mass is 9.95. The van der Waals surface area contributed by atoms with Gasteiger partial charge in [0.1, 0.15) is 5.01 Å². The van der Waals surface area contributed by atoms with E-state index in [0.29, 0.717) is 23.0 Å². The Morgan fingerprint density at radius 2 is 2.11 bits per heavy atom. The molecule has 5 heterocycles. The van der Waals surface area contributed by atoms with Gasteiger partial charge in [0.05, 0.1) is 6.04 Å². The molecule has 3 aliphatic heterocycles. The topological polar surface area (TPSA) is 80.2 Å². The van der Waals surface area contributed by atoms with Crippen LogP contribution in [-0.4, -0.2) is 45.4 Å². The number of fused-ring (bicyclic) bond motifs is 4. The van der Waals surface area contributed by atoms with Crippen LogP contribution in [0.4, 0.5) is 14.3 Å². The maximum absolute atomic E-state index is 14.0. The largest absolute Gasteiger partial charge is 0.381 e. The van der Waals surface area contributed by atoms with Crippen LogP contribution in [0.2, 0.25) is 0 Å². The van der Waals surface area contributed by atoms with Crippen LogP contribution in [0.1, 0.15) is 53.8 Å². The molecule has 3 aliphatic rings. The number of urea groups is 1. The van der Waals surface area contributed by atoms with E-state index in [0.717, 1.165) is 49.5 Å². The van der Waals surface area contributed by atoms with E-state index in [1.807, 2.05) is 11.0 Å². The third-order valence-corrected chi connectivity index (χ3v) is 6.80. The summed E-state index contributed by atoms with van der Waals surface area (Å²) in [6.45, 7) is 1.49. The second-order valence-electron chi connectivity index (χ2n) is 7.29. The van der Waals surface area contributed by atoms with Gasteiger partial charge in [0.15, 0.2) is 0 Å². The molecule has 1 N–H and O–H groups in total. The Morgan fingerprint density at radius 3 is 2.96 bits per heavy atom. The highest BCUT2D eigenvalue weighted by molar-refractivity contribution is 7.15. The van der Waals surface area contributed by atoms with Crippen LogP contribution < -0.4 is 5.32 Å². The number of amides is 2. The number of carbonyl (C=O) groups excluding carboxylic acids is 1. The standard InChI is InChI=1S/C18H20FN5O2S/c19-15-13-9-11-1-2-14(12(13)3-6-20-15)24(11)18(25)21-17-23-22-16(27-17)10-4-7-26-8-5-10/h3,6,10-11,14H,1-2,4-5,7-9H2,(H,21,23,25). The second-order valence-corrected chi connectivity index (χ2v) is 8.30. The zero-order chi connectivity index (χ0) is 18.4. The van der Waals surface area contributed by atoms with Crippen LogP contribution in [0.25, 0.3) is 0 Å². The summed E-state index contributed by atoms with van der Waals surface area (Å²) in [5.41, 5.74) is 1.54. The molecule has 9 heteroatoms. The first-order valence-corrected chi connectivity index (χ1v) is 10.2. The SMILES string of the molecule is O=C(Nc1nnc(C2CCOCC2)s1)N1C2CCC1c1ccnc(F)c1C2. The molecule has 27 heavy (non-hydrogen) atoms. The fourth-order valence-corrected chi connectivity index (χ4v) is 5.38. The molecular formula is C18H20FN5O2S. The molecule has 5 rings (SSSR count). The zero-order valence-corrected chi connectivity index (χ0v) is 15.5. The quantitative estimate of drug-likeness (QED) is 0.798. The molecule has 2 fully saturated rings. The summed E-state index contributed by atoms with van der Waals surface area (Å²) in [7, 11) is 0. The van der Waals surface area contributed by atoms with Gasteiger partial charge in [-0.2, -0.15) is 4.39 Å². The highest BCUT2D eigenvalue weighted by Gasteiger charge is 2.43. The summed E-state index contributed by atoms with van der Waals surface area (Å²) in [5.74, 6) is -0.0508. The first-order chi connectivity index (χ1) is 13.2. The first-order valence-electron chi connectivity index (χ1n) is 9.34. The minimum Gasteiger partial charge on any atom is -0.381 e. The van der Waals surface area contributed by atoms with Gasteiger partial charge in [-0.05, 0) is 43.7 Å². The number of anilines is 1. The first kappa shape index (κ1) is 17.0. The Labute approximate surface area is 160 Å². The highest BCUT2D eigenvalue weighted by atomic mass is 32.1. The van der Waals surface area contributed by atoms with Gasteiger partial charge in [0.25, 0.3) is 0 Å². The Morgan fingerprint density at radius 1 is 1.26 bits per heavy atom. The van der Waals surface area contributed by atoms with E-state index < -0.39 is 5.95 Å². The monoisotopic (exact) mass is 389 g/mol. The van der Waals surface area contributed by atoms with E-state index in [4.69, 9.17) is 4.74 Å². The van der Waals surface area contributed by atoms with Gasteiger partial charge in [-0.3, -0.25) is 5.32 Å². The predicted octanol–water partition coefficient (Wildman–Crippen LogP) is 3.26. The molecule has 0 aliphatic carbocycles. The molecule has 2 aromatic heterocycles. The number of pyridine rings is 1. The van der Waals surface area contributed by atoms with Crippen molar-refractivity contribution in [3.63, 3.8) is 0 Å². The van der Waals surface area contributed by atoms with Gasteiger partial charge >= 0.3 is 6.03 Å². The number of nitrogens with one attached hydrogen (secondary N) is 1. The van der Waals surface area contributed by atoms with Crippen LogP contribution in [-0.2, 0) is 11.2 Å². The van der Waals surface area contributed by atoms with Crippen LogP contribution in [0, 0.1) is 5.95 Å². The Kier molecular flexibility index (Phi) is 4.28. The molecule has 2 atom stereocenters. The zero-order valence-electron chi connectivity index (χ0n) is 14.7. The van der Waals surface area contributed by atoms with Gasteiger partial charge in [0.2, 0.25) is 11.1 Å². The molecule has 0 aromatic carbocycles. The minimum atomic E-state index is -0.408. The second kappa shape index (κ2) is 6.79. The number of nitrogens with zero attached hydrogens (tertiary/aromatic N) is 4. The van der Waals surface area contributed by atoms with E-state index in [9.17, 15) is 9.18 Å². The smallest absolute Gasteiger partial charge is 0.324 e. The van der Waals surface area contributed by atoms with Crippen molar-refractivity contribution in [2.45, 2.75) is 50.1 Å². The van der Waals surface area contributed by atoms with E-state index in [1.165, 1.54) is 17.5 Å². The summed E-state index contributed by atoms with van der Waals surface area (Å²) in [5, 5.41) is 12.8. The molecule has 2 bridgehead atoms. The third kappa shape index (κ3) is 2.98. The number of aromatic nitrogens is 3. The van der Waals surface area contributed by atoms with E-state index in [2.05, 4.69) is 20.5 Å². The lowest BCUT2D eigenvalue weighted by Gasteiger charge is -2.35. The molecule has 7 nitrogen and oxygen atoms in total. The Bertz CT molecular complexity index is 869. The van der Waals surface area contributed by atoms with Crippen molar-refractivity contribution in [2.24, 2.45) is 0 Å². The van der Waals surface area contributed by atoms with Crippen LogP contribution in [0.15, 0.2) is 12.3 Å². The predicted molar refractivity (Wildman–Crippen MR) is 97.2 cm³/mol. The Hall–Kier alpha value is -2.13. The summed E-state index contributed by atoms with van der Waals surface area (Å²) >= 11 is 1.44. The van der Waals surface area contributed by atoms with Crippen molar-refractivity contribution in [3.05, 3.63) is 34.3 Å². The molecule has 0 spiro atoms. The number of hydrogen-bond donors (Lipinski definition) is 1. The van der Waals surface area contributed by atoms with E-state index in [1.54, 1.807) is 0 Å². The van der Waals surface area contributed by atoms with E-state index >= 15 is 0 Å². The number of carbonyl (C=O) groups is 1. The van der Waals surface area contributed by atoms with Gasteiger partial charge < -0.3 is 9.64 Å². The Balaban J connectivity index is 1.33. The van der Waals surface area contributed by atoms with Crippen molar-refractivity contribution in [1.29, 1.82) is 0 Å². The van der Waals surface area contributed by atoms with Gasteiger partial charge in [0, 0.05) is 36.9 Å². The number of ether oxygens (including phenoxy) is 1. The van der Waals surface area contributed by atoms with Crippen molar-refractivity contribution in [3.8, 4) is 0 Å². The number of rotatable bonds is 2. The summed E-state index contributed by atoms with van der Waals surface area (Å²) in [6.07, 6.45) is 5.59.